The Bertz CT molecular complexity index is 666. The van der Waals surface area contributed by atoms with Crippen molar-refractivity contribution in [1.82, 2.24) is 20.4 Å². The van der Waals surface area contributed by atoms with E-state index in [-0.39, 0.29) is 30.0 Å². The largest absolute Gasteiger partial charge is 0.497 e. The fraction of sp³-hybridized carbons (Fsp3) is 0.652. The van der Waals surface area contributed by atoms with E-state index in [0.29, 0.717) is 18.9 Å². The van der Waals surface area contributed by atoms with E-state index in [1.54, 1.807) is 7.11 Å². The number of methoxy groups -OCH3 is 1. The summed E-state index contributed by atoms with van der Waals surface area (Å²) in [6.45, 7) is 6.05. The number of likely N-dealkylation sites (N-methyl/N-ethyl adjacent to an activating group) is 1. The zero-order valence-electron chi connectivity index (χ0n) is 19.5. The van der Waals surface area contributed by atoms with E-state index in [4.69, 9.17) is 9.73 Å². The van der Waals surface area contributed by atoms with E-state index in [2.05, 4.69) is 48.7 Å². The molecule has 1 heterocycles. The third-order valence-electron chi connectivity index (χ3n) is 5.46. The number of aliphatic imine (C=N–C) groups is 1. The zero-order chi connectivity index (χ0) is 21.8. The van der Waals surface area contributed by atoms with Crippen LogP contribution in [0.3, 0.4) is 0 Å². The number of nitrogens with one attached hydrogen (secondary N) is 2. The molecule has 1 aromatic carbocycles. The number of rotatable bonds is 10. The third-order valence-corrected chi connectivity index (χ3v) is 5.46. The summed E-state index contributed by atoms with van der Waals surface area (Å²) in [6, 6.07) is 8.35. The fourth-order valence-corrected chi connectivity index (χ4v) is 3.66. The monoisotopic (exact) mass is 545 g/mol. The van der Waals surface area contributed by atoms with Crippen molar-refractivity contribution in [3.63, 3.8) is 0 Å². The first-order valence-electron chi connectivity index (χ1n) is 11.2. The van der Waals surface area contributed by atoms with Gasteiger partial charge in [0.05, 0.1) is 19.7 Å². The van der Waals surface area contributed by atoms with Crippen molar-refractivity contribution >= 4 is 35.8 Å². The number of carbonyl (C=O) groups excluding carboxylic acids is 1. The lowest BCUT2D eigenvalue weighted by Gasteiger charge is -2.24. The van der Waals surface area contributed by atoms with Crippen LogP contribution in [0.4, 0.5) is 0 Å². The molecule has 176 valence electrons. The number of benzene rings is 1. The molecule has 8 heteroatoms. The van der Waals surface area contributed by atoms with Crippen LogP contribution < -0.4 is 15.4 Å². The number of amides is 1. The van der Waals surface area contributed by atoms with Gasteiger partial charge in [-0.05, 0) is 58.0 Å². The van der Waals surface area contributed by atoms with Crippen LogP contribution in [0, 0.1) is 0 Å². The molecule has 1 atom stereocenters. The van der Waals surface area contributed by atoms with Crippen molar-refractivity contribution in [3.05, 3.63) is 29.8 Å². The Morgan fingerprint density at radius 2 is 1.94 bits per heavy atom. The van der Waals surface area contributed by atoms with Crippen LogP contribution in [0.5, 0.6) is 5.75 Å². The van der Waals surface area contributed by atoms with Gasteiger partial charge in [-0.25, -0.2) is 0 Å². The summed E-state index contributed by atoms with van der Waals surface area (Å²) < 4.78 is 5.27. The third kappa shape index (κ3) is 9.64. The van der Waals surface area contributed by atoms with Crippen LogP contribution in [0.1, 0.15) is 50.6 Å². The van der Waals surface area contributed by atoms with E-state index in [0.717, 1.165) is 57.2 Å². The van der Waals surface area contributed by atoms with Gasteiger partial charge in [-0.1, -0.05) is 18.6 Å². The van der Waals surface area contributed by atoms with Gasteiger partial charge >= 0.3 is 0 Å². The summed E-state index contributed by atoms with van der Waals surface area (Å²) in [5.74, 6) is 1.99. The van der Waals surface area contributed by atoms with Crippen molar-refractivity contribution in [2.24, 2.45) is 4.99 Å². The molecule has 1 unspecified atom stereocenters. The Labute approximate surface area is 205 Å². The van der Waals surface area contributed by atoms with Gasteiger partial charge in [-0.3, -0.25) is 9.79 Å². The SMILES string of the molecule is CCNC(=NCC(c1ccc(OC)cc1)N(C)C)NCCCN1CCCCCC1=O.I. The molecular formula is C23H40IN5O2. The minimum absolute atomic E-state index is 0. The first-order chi connectivity index (χ1) is 14.5. The highest BCUT2D eigenvalue weighted by Crippen LogP contribution is 2.21. The summed E-state index contributed by atoms with van der Waals surface area (Å²) in [6.07, 6.45) is 4.95. The number of halogens is 1. The van der Waals surface area contributed by atoms with Gasteiger partial charge in [0.15, 0.2) is 5.96 Å². The number of hydrogen-bond acceptors (Lipinski definition) is 4. The Hall–Kier alpha value is -1.55. The normalized spacial score (nSPS) is 15.8. The van der Waals surface area contributed by atoms with E-state index in [1.165, 1.54) is 12.0 Å². The van der Waals surface area contributed by atoms with Gasteiger partial charge in [0, 0.05) is 32.6 Å². The molecule has 1 aromatic rings. The summed E-state index contributed by atoms with van der Waals surface area (Å²) in [7, 11) is 5.83. The molecule has 0 saturated carbocycles. The maximum absolute atomic E-state index is 12.1. The van der Waals surface area contributed by atoms with Gasteiger partial charge in [-0.15, -0.1) is 24.0 Å². The average Bonchev–Trinajstić information content (AvgIpc) is 2.95. The number of ether oxygens (including phenoxy) is 1. The maximum atomic E-state index is 12.1. The number of likely N-dealkylation sites (tertiary alicyclic amines) is 1. The van der Waals surface area contributed by atoms with Gasteiger partial charge in [0.2, 0.25) is 5.91 Å². The van der Waals surface area contributed by atoms with Crippen LogP contribution in [-0.2, 0) is 4.79 Å². The average molecular weight is 546 g/mol. The molecule has 2 rings (SSSR count). The minimum atomic E-state index is 0. The van der Waals surface area contributed by atoms with Crippen molar-refractivity contribution in [1.29, 1.82) is 0 Å². The fourth-order valence-electron chi connectivity index (χ4n) is 3.66. The number of hydrogen-bond donors (Lipinski definition) is 2. The predicted octanol–water partition coefficient (Wildman–Crippen LogP) is 3.26. The number of guanidine groups is 1. The second kappa shape index (κ2) is 15.3. The molecular weight excluding hydrogens is 505 g/mol. The summed E-state index contributed by atoms with van der Waals surface area (Å²) in [5, 5.41) is 6.74. The predicted molar refractivity (Wildman–Crippen MR) is 138 cm³/mol. The molecule has 0 radical (unpaired) electrons. The second-order valence-corrected chi connectivity index (χ2v) is 7.94. The summed E-state index contributed by atoms with van der Waals surface area (Å²) >= 11 is 0. The van der Waals surface area contributed by atoms with E-state index in [1.807, 2.05) is 17.0 Å². The molecule has 0 bridgehead atoms. The van der Waals surface area contributed by atoms with E-state index in [9.17, 15) is 4.79 Å². The molecule has 2 N–H and O–H groups in total. The van der Waals surface area contributed by atoms with Crippen LogP contribution in [0.25, 0.3) is 0 Å². The van der Waals surface area contributed by atoms with Crippen molar-refractivity contribution in [2.45, 2.75) is 45.1 Å². The van der Waals surface area contributed by atoms with Crippen molar-refractivity contribution in [2.75, 3.05) is 53.9 Å². The quantitative estimate of drug-likeness (QED) is 0.205. The summed E-state index contributed by atoms with van der Waals surface area (Å²) in [5.41, 5.74) is 1.21. The highest BCUT2D eigenvalue weighted by molar-refractivity contribution is 14.0. The molecule has 0 aromatic heterocycles. The van der Waals surface area contributed by atoms with Crippen LogP contribution in [-0.4, -0.2) is 75.6 Å². The molecule has 7 nitrogen and oxygen atoms in total. The lowest BCUT2D eigenvalue weighted by Crippen LogP contribution is -2.40. The highest BCUT2D eigenvalue weighted by atomic mass is 127. The molecule has 0 aliphatic carbocycles. The minimum Gasteiger partial charge on any atom is -0.497 e. The van der Waals surface area contributed by atoms with Gasteiger partial charge in [0.25, 0.3) is 0 Å². The van der Waals surface area contributed by atoms with Crippen LogP contribution >= 0.6 is 24.0 Å². The topological polar surface area (TPSA) is 69.2 Å². The highest BCUT2D eigenvalue weighted by Gasteiger charge is 2.16. The van der Waals surface area contributed by atoms with Crippen molar-refractivity contribution in [3.8, 4) is 5.75 Å². The lowest BCUT2D eigenvalue weighted by molar-refractivity contribution is -0.130. The molecule has 1 aliphatic rings. The Balaban J connectivity index is 0.00000480. The van der Waals surface area contributed by atoms with Crippen LogP contribution in [0.2, 0.25) is 0 Å². The van der Waals surface area contributed by atoms with E-state index >= 15 is 0 Å². The molecule has 31 heavy (non-hydrogen) atoms. The first kappa shape index (κ1) is 27.5. The second-order valence-electron chi connectivity index (χ2n) is 7.94. The molecule has 1 amide bonds. The molecule has 1 aliphatic heterocycles. The zero-order valence-corrected chi connectivity index (χ0v) is 21.9. The van der Waals surface area contributed by atoms with Gasteiger partial charge < -0.3 is 25.2 Å². The Morgan fingerprint density at radius 1 is 1.19 bits per heavy atom. The first-order valence-corrected chi connectivity index (χ1v) is 11.2. The van der Waals surface area contributed by atoms with Crippen LogP contribution in [0.15, 0.2) is 29.3 Å². The van der Waals surface area contributed by atoms with E-state index < -0.39 is 0 Å². The number of carbonyl (C=O) groups is 1. The smallest absolute Gasteiger partial charge is 0.222 e. The molecule has 1 saturated heterocycles. The Kier molecular flexibility index (Phi) is 13.6. The molecule has 1 fully saturated rings. The molecule has 0 spiro atoms. The standard InChI is InChI=1S/C23H39N5O2.HI/c1-5-24-23(25-15-9-17-28-16-8-6-7-10-22(28)29)26-18-21(27(2)3)19-11-13-20(30-4)14-12-19;/h11-14,21H,5-10,15-18H2,1-4H3,(H2,24,25,26);1H. The summed E-state index contributed by atoms with van der Waals surface area (Å²) in [4.78, 5) is 21.1. The number of nitrogens with zero attached hydrogens (tertiary/aromatic N) is 3. The lowest BCUT2D eigenvalue weighted by atomic mass is 10.1. The maximum Gasteiger partial charge on any atom is 0.222 e. The van der Waals surface area contributed by atoms with Crippen molar-refractivity contribution < 1.29 is 9.53 Å². The van der Waals surface area contributed by atoms with Gasteiger partial charge in [0.1, 0.15) is 5.75 Å². The Morgan fingerprint density at radius 3 is 2.58 bits per heavy atom. The van der Waals surface area contributed by atoms with Gasteiger partial charge in [-0.2, -0.15) is 0 Å².